The lowest BCUT2D eigenvalue weighted by Crippen LogP contribution is -2.12. The lowest BCUT2D eigenvalue weighted by molar-refractivity contribution is 0.561. The maximum Gasteiger partial charge on any atom is 0.255 e. The first kappa shape index (κ1) is 18.4. The quantitative estimate of drug-likeness (QED) is 0.422. The van der Waals surface area contributed by atoms with Gasteiger partial charge in [-0.25, -0.2) is 14.3 Å². The third-order valence-electron chi connectivity index (χ3n) is 4.28. The smallest absolute Gasteiger partial charge is 0.255 e. The molecule has 4 rings (SSSR count). The van der Waals surface area contributed by atoms with E-state index in [1.807, 2.05) is 6.92 Å². The van der Waals surface area contributed by atoms with E-state index < -0.39 is 0 Å². The summed E-state index contributed by atoms with van der Waals surface area (Å²) in [4.78, 5) is 15.6. The Morgan fingerprint density at radius 1 is 1.10 bits per heavy atom. The van der Waals surface area contributed by atoms with E-state index in [0.717, 1.165) is 5.69 Å². The molecule has 0 bridgehead atoms. The van der Waals surface area contributed by atoms with Crippen molar-refractivity contribution in [2.75, 3.05) is 0 Å². The molecule has 4 aromatic heterocycles. The Bertz CT molecular complexity index is 1260. The summed E-state index contributed by atoms with van der Waals surface area (Å²) in [6, 6.07) is 0. The van der Waals surface area contributed by atoms with Crippen LogP contribution in [0.2, 0.25) is 0 Å². The molecule has 0 radical (unpaired) electrons. The summed E-state index contributed by atoms with van der Waals surface area (Å²) in [5, 5.41) is 24.7. The number of nitrogens with zero attached hydrogens (tertiary/aromatic N) is 11. The molecule has 0 amide bonds. The Balaban J connectivity index is 1.91. The van der Waals surface area contributed by atoms with Gasteiger partial charge in [-0.15, -0.1) is 20.4 Å². The molecule has 29 heavy (non-hydrogen) atoms. The molecule has 4 heterocycles. The summed E-state index contributed by atoms with van der Waals surface area (Å²) in [5.74, 6) is 1.19. The van der Waals surface area contributed by atoms with E-state index in [1.165, 1.54) is 17.3 Å². The maximum absolute atomic E-state index is 7.51. The van der Waals surface area contributed by atoms with Crippen LogP contribution in [0.5, 0.6) is 0 Å². The highest BCUT2D eigenvalue weighted by molar-refractivity contribution is 5.70. The lowest BCUT2D eigenvalue weighted by Gasteiger charge is -2.16. The third-order valence-corrected chi connectivity index (χ3v) is 4.28. The number of aromatic amines is 1. The summed E-state index contributed by atoms with van der Waals surface area (Å²) in [6.07, 6.45) is 2.70. The number of azo groups is 1. The zero-order valence-corrected chi connectivity index (χ0v) is 16.6. The van der Waals surface area contributed by atoms with Crippen LogP contribution in [0.4, 0.5) is 17.2 Å². The summed E-state index contributed by atoms with van der Waals surface area (Å²) >= 11 is 0. The Hall–Kier alpha value is -4.01. The van der Waals surface area contributed by atoms with Gasteiger partial charge in [-0.3, -0.25) is 5.10 Å². The van der Waals surface area contributed by atoms with Crippen molar-refractivity contribution < 1.29 is 0 Å². The number of fused-ring (bicyclic) bond motifs is 1. The third kappa shape index (κ3) is 3.02. The fourth-order valence-corrected chi connectivity index (χ4v) is 2.85. The van der Waals surface area contributed by atoms with Gasteiger partial charge in [-0.1, -0.05) is 20.8 Å². The van der Waals surface area contributed by atoms with Crippen molar-refractivity contribution in [3.63, 3.8) is 0 Å². The Morgan fingerprint density at radius 3 is 2.48 bits per heavy atom. The minimum Gasteiger partial charge on any atom is -0.292 e. The lowest BCUT2D eigenvalue weighted by atomic mass is 9.91. The number of rotatable bonds is 3. The highest BCUT2D eigenvalue weighted by atomic mass is 15.4. The topological polar surface area (TPSA) is 132 Å². The largest absolute Gasteiger partial charge is 0.292 e. The van der Waals surface area contributed by atoms with Crippen LogP contribution in [0.1, 0.15) is 38.0 Å². The summed E-state index contributed by atoms with van der Waals surface area (Å²) in [7, 11) is 0. The van der Waals surface area contributed by atoms with Crippen LogP contribution < -0.4 is 0 Å². The first-order chi connectivity index (χ1) is 13.8. The fourth-order valence-electron chi connectivity index (χ4n) is 2.85. The van der Waals surface area contributed by atoms with E-state index in [0.29, 0.717) is 22.9 Å². The monoisotopic (exact) mass is 390 g/mol. The summed E-state index contributed by atoms with van der Waals surface area (Å²) in [6.45, 7) is 17.3. The molecule has 0 aliphatic rings. The minimum absolute atomic E-state index is 0.235. The average Bonchev–Trinajstić information content (AvgIpc) is 3.33. The number of aryl methyl sites for hydroxylation is 2. The average molecular weight is 390 g/mol. The molecule has 0 saturated heterocycles. The van der Waals surface area contributed by atoms with Gasteiger partial charge in [-0.2, -0.15) is 19.7 Å². The second-order valence-corrected chi connectivity index (χ2v) is 7.41. The summed E-state index contributed by atoms with van der Waals surface area (Å²) in [5.41, 5.74) is 2.49. The predicted molar refractivity (Wildman–Crippen MR) is 103 cm³/mol. The maximum atomic E-state index is 7.51. The highest BCUT2D eigenvalue weighted by Gasteiger charge is 2.26. The van der Waals surface area contributed by atoms with Crippen molar-refractivity contribution in [2.45, 2.75) is 40.0 Å². The van der Waals surface area contributed by atoms with Crippen LogP contribution in [-0.4, -0.2) is 44.5 Å². The predicted octanol–water partition coefficient (Wildman–Crippen LogP) is 3.31. The van der Waals surface area contributed by atoms with E-state index in [9.17, 15) is 0 Å². The van der Waals surface area contributed by atoms with Gasteiger partial charge in [0.25, 0.3) is 11.6 Å². The molecule has 146 valence electrons. The van der Waals surface area contributed by atoms with Gasteiger partial charge in [-0.05, 0) is 13.8 Å². The number of nitrogens with one attached hydrogen (secondary N) is 1. The van der Waals surface area contributed by atoms with Gasteiger partial charge in [0.15, 0.2) is 11.5 Å². The number of hydrogen-bond donors (Lipinski definition) is 1. The van der Waals surface area contributed by atoms with Crippen LogP contribution in [0.3, 0.4) is 0 Å². The van der Waals surface area contributed by atoms with Crippen molar-refractivity contribution >= 4 is 22.8 Å². The Labute approximate surface area is 165 Å². The van der Waals surface area contributed by atoms with Gasteiger partial charge in [0.1, 0.15) is 18.5 Å². The number of H-pyrrole nitrogens is 1. The second kappa shape index (κ2) is 6.55. The van der Waals surface area contributed by atoms with E-state index in [2.05, 4.69) is 71.2 Å². The highest BCUT2D eigenvalue weighted by Crippen LogP contribution is 2.38. The molecule has 0 atom stereocenters. The molecule has 0 saturated carbocycles. The molecular formula is C17H18N12. The fraction of sp³-hybridized carbons (Fsp3) is 0.353. The molecule has 0 spiro atoms. The van der Waals surface area contributed by atoms with Crippen molar-refractivity contribution in [3.8, 4) is 5.95 Å². The van der Waals surface area contributed by atoms with Crippen molar-refractivity contribution in [2.24, 2.45) is 10.2 Å². The van der Waals surface area contributed by atoms with E-state index in [4.69, 9.17) is 6.57 Å². The second-order valence-electron chi connectivity index (χ2n) is 7.41. The van der Waals surface area contributed by atoms with Crippen LogP contribution in [-0.2, 0) is 5.41 Å². The van der Waals surface area contributed by atoms with E-state index in [1.54, 1.807) is 11.4 Å². The first-order valence-corrected chi connectivity index (χ1v) is 8.76. The molecule has 0 aliphatic heterocycles. The Morgan fingerprint density at radius 2 is 1.83 bits per heavy atom. The van der Waals surface area contributed by atoms with Gasteiger partial charge >= 0.3 is 0 Å². The van der Waals surface area contributed by atoms with Crippen LogP contribution in [0.25, 0.3) is 16.4 Å². The molecule has 12 heteroatoms. The molecule has 12 nitrogen and oxygen atoms in total. The van der Waals surface area contributed by atoms with Crippen molar-refractivity contribution in [1.82, 2.24) is 44.5 Å². The van der Waals surface area contributed by atoms with Gasteiger partial charge < -0.3 is 0 Å². The molecular weight excluding hydrogens is 372 g/mol. The van der Waals surface area contributed by atoms with Crippen LogP contribution >= 0.6 is 0 Å². The normalized spacial score (nSPS) is 12.1. The van der Waals surface area contributed by atoms with Crippen molar-refractivity contribution in [1.29, 1.82) is 0 Å². The van der Waals surface area contributed by atoms with E-state index >= 15 is 0 Å². The molecule has 0 fully saturated rings. The summed E-state index contributed by atoms with van der Waals surface area (Å²) < 4.78 is 3.14. The zero-order valence-electron chi connectivity index (χ0n) is 16.6. The van der Waals surface area contributed by atoms with Gasteiger partial charge in [0, 0.05) is 5.41 Å². The Kier molecular flexibility index (Phi) is 4.15. The van der Waals surface area contributed by atoms with Crippen LogP contribution in [0.15, 0.2) is 22.9 Å². The molecule has 0 aliphatic carbocycles. The first-order valence-electron chi connectivity index (χ1n) is 8.76. The van der Waals surface area contributed by atoms with Gasteiger partial charge in [0.05, 0.1) is 18.0 Å². The number of hydrogen-bond acceptors (Lipinski definition) is 8. The SMILES string of the molecule is [C-]#[N+]c1c(C)nn(-c2ncncn2)c1N=Nc1c(C(C)(C)C)[nH]n2c(C)nnc12. The number of aromatic nitrogens is 9. The van der Waals surface area contributed by atoms with Crippen molar-refractivity contribution in [3.05, 3.63) is 41.3 Å². The van der Waals surface area contributed by atoms with Crippen LogP contribution in [0, 0.1) is 20.4 Å². The molecule has 0 aromatic carbocycles. The van der Waals surface area contributed by atoms with Gasteiger partial charge in [0.2, 0.25) is 5.65 Å². The van der Waals surface area contributed by atoms with E-state index in [-0.39, 0.29) is 22.9 Å². The standard InChI is InChI=1S/C17H18N12/c1-9-11(18-6)14(29(26-9)16-20-7-19-8-21-16)25-23-12-13(17(3,4)5)27-28-10(2)22-24-15(12)28/h7-8,27H,1-5H3. The molecule has 4 aromatic rings. The minimum atomic E-state index is -0.242. The zero-order chi connectivity index (χ0) is 20.8. The molecule has 0 unspecified atom stereocenters. The molecule has 1 N–H and O–H groups in total.